The number of hydrogen-bond acceptors (Lipinski definition) is 3. The van der Waals surface area contributed by atoms with E-state index >= 15 is 0 Å². The molecule has 1 rings (SSSR count). The molecule has 4 nitrogen and oxygen atoms in total. The second-order valence-corrected chi connectivity index (χ2v) is 2.52. The molecule has 0 bridgehead atoms. The van der Waals surface area contributed by atoms with Crippen LogP contribution in [-0.4, -0.2) is 34.9 Å². The molecule has 0 spiro atoms. The maximum atomic E-state index is 10.3. The van der Waals surface area contributed by atoms with Crippen LogP contribution in [0.3, 0.4) is 0 Å². The normalized spacial score (nSPS) is 33.7. The Kier molecular flexibility index (Phi) is 2.24. The molecule has 1 unspecified atom stereocenters. The molecule has 1 saturated heterocycles. The predicted octanol–water partition coefficient (Wildman–Crippen LogP) is -0.816. The van der Waals surface area contributed by atoms with Crippen molar-refractivity contribution < 1.29 is 15.0 Å². The zero-order valence-electron chi connectivity index (χ0n) is 5.58. The highest BCUT2D eigenvalue weighted by Gasteiger charge is 2.24. The Hall–Kier alpha value is -0.610. The number of aliphatic hydroxyl groups is 1. The number of aliphatic hydroxyl groups excluding tert-OH is 1. The van der Waals surface area contributed by atoms with Crippen molar-refractivity contribution in [2.75, 3.05) is 6.54 Å². The van der Waals surface area contributed by atoms with Crippen molar-refractivity contribution in [3.05, 3.63) is 0 Å². The summed E-state index contributed by atoms with van der Waals surface area (Å²) < 4.78 is 0. The highest BCUT2D eigenvalue weighted by Crippen LogP contribution is 2.07. The van der Waals surface area contributed by atoms with Crippen molar-refractivity contribution in [1.29, 1.82) is 0 Å². The second kappa shape index (κ2) is 2.98. The van der Waals surface area contributed by atoms with Crippen molar-refractivity contribution in [2.45, 2.75) is 25.0 Å². The fraction of sp³-hybridized carbons (Fsp3) is 0.833. The lowest BCUT2D eigenvalue weighted by Crippen LogP contribution is -2.45. The van der Waals surface area contributed by atoms with Gasteiger partial charge in [0.05, 0.1) is 6.10 Å². The minimum absolute atomic E-state index is 0.329. The summed E-state index contributed by atoms with van der Waals surface area (Å²) in [5.41, 5.74) is 0. The van der Waals surface area contributed by atoms with Crippen molar-refractivity contribution in [3.63, 3.8) is 0 Å². The van der Waals surface area contributed by atoms with Crippen molar-refractivity contribution in [3.8, 4) is 0 Å². The van der Waals surface area contributed by atoms with E-state index in [2.05, 4.69) is 5.32 Å². The minimum Gasteiger partial charge on any atom is -0.480 e. The van der Waals surface area contributed by atoms with Gasteiger partial charge in [0.1, 0.15) is 6.04 Å². The summed E-state index contributed by atoms with van der Waals surface area (Å²) in [6, 6.07) is -0.552. The molecule has 0 aromatic heterocycles. The van der Waals surface area contributed by atoms with Crippen LogP contribution in [0.5, 0.6) is 0 Å². The summed E-state index contributed by atoms with van der Waals surface area (Å²) in [7, 11) is 0. The lowest BCUT2D eigenvalue weighted by molar-refractivity contribution is -0.141. The first kappa shape index (κ1) is 7.50. The minimum atomic E-state index is -0.876. The Bertz CT molecular complexity index is 137. The van der Waals surface area contributed by atoms with Gasteiger partial charge >= 0.3 is 5.97 Å². The first-order valence-corrected chi connectivity index (χ1v) is 3.34. The Morgan fingerprint density at radius 3 is 2.70 bits per heavy atom. The van der Waals surface area contributed by atoms with E-state index in [4.69, 9.17) is 10.2 Å². The quantitative estimate of drug-likeness (QED) is 0.451. The summed E-state index contributed by atoms with van der Waals surface area (Å²) >= 11 is 0. The van der Waals surface area contributed by atoms with Crippen LogP contribution in [0.4, 0.5) is 0 Å². The predicted molar refractivity (Wildman–Crippen MR) is 34.7 cm³/mol. The van der Waals surface area contributed by atoms with Gasteiger partial charge in [0.2, 0.25) is 0 Å². The molecule has 0 amide bonds. The van der Waals surface area contributed by atoms with Crippen LogP contribution in [0.1, 0.15) is 12.8 Å². The number of hydrogen-bond donors (Lipinski definition) is 3. The van der Waals surface area contributed by atoms with Crippen LogP contribution < -0.4 is 5.32 Å². The molecular formula is C6H11NO3. The van der Waals surface area contributed by atoms with Crippen LogP contribution in [-0.2, 0) is 4.79 Å². The highest BCUT2D eigenvalue weighted by atomic mass is 16.4. The van der Waals surface area contributed by atoms with Gasteiger partial charge in [0.25, 0.3) is 0 Å². The Balaban J connectivity index is 2.39. The third-order valence-electron chi connectivity index (χ3n) is 1.67. The van der Waals surface area contributed by atoms with Gasteiger partial charge in [-0.05, 0) is 19.4 Å². The van der Waals surface area contributed by atoms with Gasteiger partial charge in [-0.15, -0.1) is 0 Å². The number of aliphatic carboxylic acids is 1. The summed E-state index contributed by atoms with van der Waals surface area (Å²) in [6.45, 7) is 0.595. The van der Waals surface area contributed by atoms with E-state index in [1.165, 1.54) is 0 Å². The number of rotatable bonds is 1. The number of piperidine rings is 1. The van der Waals surface area contributed by atoms with Crippen molar-refractivity contribution in [2.24, 2.45) is 0 Å². The van der Waals surface area contributed by atoms with E-state index in [-0.39, 0.29) is 0 Å². The van der Waals surface area contributed by atoms with Crippen molar-refractivity contribution >= 4 is 5.97 Å². The highest BCUT2D eigenvalue weighted by molar-refractivity contribution is 5.73. The average molecular weight is 145 g/mol. The van der Waals surface area contributed by atoms with Crippen LogP contribution >= 0.6 is 0 Å². The third-order valence-corrected chi connectivity index (χ3v) is 1.67. The van der Waals surface area contributed by atoms with Gasteiger partial charge in [0, 0.05) is 0 Å². The van der Waals surface area contributed by atoms with Gasteiger partial charge in [-0.1, -0.05) is 0 Å². The van der Waals surface area contributed by atoms with Crippen LogP contribution in [0, 0.1) is 0 Å². The first-order chi connectivity index (χ1) is 4.70. The molecule has 0 radical (unpaired) electrons. The molecule has 0 aromatic rings. The van der Waals surface area contributed by atoms with E-state index < -0.39 is 18.1 Å². The van der Waals surface area contributed by atoms with Crippen LogP contribution in [0.25, 0.3) is 0 Å². The van der Waals surface area contributed by atoms with E-state index in [1.807, 2.05) is 0 Å². The summed E-state index contributed by atoms with van der Waals surface area (Å²) in [6.07, 6.45) is 0.543. The molecule has 0 aliphatic carbocycles. The molecule has 1 aliphatic rings. The Labute approximate surface area is 58.9 Å². The molecule has 58 valence electrons. The van der Waals surface area contributed by atoms with Crippen molar-refractivity contribution in [1.82, 2.24) is 5.32 Å². The topological polar surface area (TPSA) is 69.6 Å². The zero-order valence-corrected chi connectivity index (χ0v) is 5.58. The lowest BCUT2D eigenvalue weighted by atomic mass is 10.0. The molecule has 3 N–H and O–H groups in total. The molecule has 1 heterocycles. The van der Waals surface area contributed by atoms with E-state index in [9.17, 15) is 4.79 Å². The molecule has 1 fully saturated rings. The summed E-state index contributed by atoms with van der Waals surface area (Å²) in [5, 5.41) is 20.3. The van der Waals surface area contributed by atoms with Crippen LogP contribution in [0.15, 0.2) is 0 Å². The standard InChI is InChI=1S/C6H11NO3/c8-4-1-2-7-5(3-4)6(9)10/h4-5,7-8H,1-3H2,(H,9,10)/t4-,5?/m1/s1. The second-order valence-electron chi connectivity index (χ2n) is 2.52. The Morgan fingerprint density at radius 1 is 1.60 bits per heavy atom. The fourth-order valence-electron chi connectivity index (χ4n) is 1.09. The fourth-order valence-corrected chi connectivity index (χ4v) is 1.09. The molecule has 0 saturated carbocycles. The molecule has 4 heteroatoms. The zero-order chi connectivity index (χ0) is 7.56. The summed E-state index contributed by atoms with van der Waals surface area (Å²) in [5.74, 6) is -0.876. The SMILES string of the molecule is O=C(O)C1C[C@H](O)CCN1. The van der Waals surface area contributed by atoms with E-state index in [0.29, 0.717) is 19.4 Å². The van der Waals surface area contributed by atoms with Gasteiger partial charge < -0.3 is 15.5 Å². The molecular weight excluding hydrogens is 134 g/mol. The average Bonchev–Trinajstić information content (AvgIpc) is 1.88. The maximum absolute atomic E-state index is 10.3. The van der Waals surface area contributed by atoms with Gasteiger partial charge in [-0.25, -0.2) is 0 Å². The molecule has 10 heavy (non-hydrogen) atoms. The van der Waals surface area contributed by atoms with Gasteiger partial charge in [0.15, 0.2) is 0 Å². The van der Waals surface area contributed by atoms with Gasteiger partial charge in [-0.2, -0.15) is 0 Å². The number of carboxylic acid groups (broad SMARTS) is 1. The molecule has 0 aromatic carbocycles. The maximum Gasteiger partial charge on any atom is 0.320 e. The largest absolute Gasteiger partial charge is 0.480 e. The lowest BCUT2D eigenvalue weighted by Gasteiger charge is -2.23. The molecule has 2 atom stereocenters. The number of nitrogens with one attached hydrogen (secondary N) is 1. The monoisotopic (exact) mass is 145 g/mol. The number of carbonyl (C=O) groups is 1. The van der Waals surface area contributed by atoms with Crippen LogP contribution in [0.2, 0.25) is 0 Å². The molecule has 1 aliphatic heterocycles. The van der Waals surface area contributed by atoms with Gasteiger partial charge in [-0.3, -0.25) is 4.79 Å². The smallest absolute Gasteiger partial charge is 0.320 e. The van der Waals surface area contributed by atoms with E-state index in [0.717, 1.165) is 0 Å². The summed E-state index contributed by atoms with van der Waals surface area (Å²) in [4.78, 5) is 10.3. The third kappa shape index (κ3) is 1.68. The Morgan fingerprint density at radius 2 is 2.30 bits per heavy atom. The number of carboxylic acids is 1. The first-order valence-electron chi connectivity index (χ1n) is 3.34. The van der Waals surface area contributed by atoms with E-state index in [1.54, 1.807) is 0 Å².